The Morgan fingerprint density at radius 1 is 1.33 bits per heavy atom. The molecule has 1 spiro atoms. The van der Waals surface area contributed by atoms with E-state index in [0.717, 1.165) is 18.4 Å². The van der Waals surface area contributed by atoms with Gasteiger partial charge in [-0.05, 0) is 50.5 Å². The van der Waals surface area contributed by atoms with Crippen molar-refractivity contribution in [1.29, 1.82) is 0 Å². The fourth-order valence-electron chi connectivity index (χ4n) is 3.94. The molecule has 0 radical (unpaired) electrons. The van der Waals surface area contributed by atoms with Crippen LogP contribution in [-0.2, 0) is 4.79 Å². The van der Waals surface area contributed by atoms with Gasteiger partial charge < -0.3 is 4.90 Å². The van der Waals surface area contributed by atoms with Gasteiger partial charge in [0.2, 0.25) is 5.91 Å². The van der Waals surface area contributed by atoms with E-state index in [1.54, 1.807) is 6.08 Å². The second-order valence-electron chi connectivity index (χ2n) is 6.42. The molecule has 0 aromatic carbocycles. The van der Waals surface area contributed by atoms with Crippen LogP contribution in [0.1, 0.15) is 59.3 Å². The Labute approximate surface area is 111 Å². The number of carbonyl (C=O) groups excluding carboxylic acids is 1. The van der Waals surface area contributed by atoms with Crippen LogP contribution in [0.15, 0.2) is 12.2 Å². The van der Waals surface area contributed by atoms with Crippen LogP contribution in [0.25, 0.3) is 0 Å². The van der Waals surface area contributed by atoms with E-state index in [2.05, 4.69) is 18.7 Å². The lowest BCUT2D eigenvalue weighted by Gasteiger charge is -2.45. The summed E-state index contributed by atoms with van der Waals surface area (Å²) in [5.41, 5.74) is 0.198. The van der Waals surface area contributed by atoms with Crippen LogP contribution in [0.2, 0.25) is 0 Å². The highest BCUT2D eigenvalue weighted by molar-refractivity contribution is 5.88. The lowest BCUT2D eigenvalue weighted by Crippen LogP contribution is -2.50. The van der Waals surface area contributed by atoms with Gasteiger partial charge in [0.05, 0.1) is 0 Å². The molecular weight excluding hydrogens is 222 g/mol. The molecule has 1 heterocycles. The molecule has 0 bridgehead atoms. The first-order valence-corrected chi connectivity index (χ1v) is 7.53. The van der Waals surface area contributed by atoms with Crippen LogP contribution >= 0.6 is 0 Å². The number of nitrogens with zero attached hydrogens (tertiary/aromatic N) is 1. The van der Waals surface area contributed by atoms with Crippen molar-refractivity contribution in [3.8, 4) is 0 Å². The van der Waals surface area contributed by atoms with Crippen molar-refractivity contribution in [2.45, 2.75) is 64.8 Å². The lowest BCUT2D eigenvalue weighted by atomic mass is 9.70. The van der Waals surface area contributed by atoms with Gasteiger partial charge in [0.1, 0.15) is 0 Å². The summed E-state index contributed by atoms with van der Waals surface area (Å²) in [7, 11) is 0. The highest BCUT2D eigenvalue weighted by Crippen LogP contribution is 2.45. The van der Waals surface area contributed by atoms with E-state index < -0.39 is 0 Å². The van der Waals surface area contributed by atoms with E-state index in [1.807, 2.05) is 13.0 Å². The van der Waals surface area contributed by atoms with Crippen molar-refractivity contribution >= 4 is 5.91 Å². The molecule has 1 saturated carbocycles. The Balaban J connectivity index is 2.15. The number of allylic oxidation sites excluding steroid dienone is 1. The minimum atomic E-state index is 0.198. The van der Waals surface area contributed by atoms with Crippen molar-refractivity contribution in [1.82, 2.24) is 4.90 Å². The summed E-state index contributed by atoms with van der Waals surface area (Å²) >= 11 is 0. The van der Waals surface area contributed by atoms with Crippen LogP contribution in [0.3, 0.4) is 0 Å². The van der Waals surface area contributed by atoms with Gasteiger partial charge in [-0.1, -0.05) is 32.8 Å². The van der Waals surface area contributed by atoms with Gasteiger partial charge in [0.25, 0.3) is 0 Å². The fourth-order valence-corrected chi connectivity index (χ4v) is 3.94. The predicted octanol–water partition coefficient (Wildman–Crippen LogP) is 3.77. The summed E-state index contributed by atoms with van der Waals surface area (Å²) in [6.45, 7) is 7.56. The molecule has 102 valence electrons. The fraction of sp³-hybridized carbons (Fsp3) is 0.812. The van der Waals surface area contributed by atoms with Crippen molar-refractivity contribution in [3.63, 3.8) is 0 Å². The highest BCUT2D eigenvalue weighted by Gasteiger charge is 2.46. The quantitative estimate of drug-likeness (QED) is 0.682. The standard InChI is InChI=1S/C16H27NO/c1-4-7-15(18)17-11-6-10-16(17)9-5-8-14(12-16)13(2)3/h4,7,13-14H,5-6,8-12H2,1-3H3/b7-4+. The van der Waals surface area contributed by atoms with Crippen LogP contribution in [-0.4, -0.2) is 22.9 Å². The number of hydrogen-bond donors (Lipinski definition) is 0. The van der Waals surface area contributed by atoms with Gasteiger partial charge in [0.15, 0.2) is 0 Å². The molecule has 2 nitrogen and oxygen atoms in total. The van der Waals surface area contributed by atoms with E-state index >= 15 is 0 Å². The van der Waals surface area contributed by atoms with E-state index in [4.69, 9.17) is 0 Å². The van der Waals surface area contributed by atoms with Crippen LogP contribution in [0, 0.1) is 11.8 Å². The Morgan fingerprint density at radius 3 is 2.72 bits per heavy atom. The van der Waals surface area contributed by atoms with E-state index in [-0.39, 0.29) is 11.4 Å². The maximum absolute atomic E-state index is 12.2. The molecule has 1 aliphatic heterocycles. The van der Waals surface area contributed by atoms with Gasteiger partial charge in [-0.15, -0.1) is 0 Å². The third-order valence-electron chi connectivity index (χ3n) is 4.97. The molecule has 2 aliphatic rings. The van der Waals surface area contributed by atoms with Crippen molar-refractivity contribution in [2.24, 2.45) is 11.8 Å². The largest absolute Gasteiger partial charge is 0.333 e. The minimum absolute atomic E-state index is 0.198. The zero-order chi connectivity index (χ0) is 13.2. The molecule has 0 N–H and O–H groups in total. The van der Waals surface area contributed by atoms with Gasteiger partial charge in [-0.3, -0.25) is 4.79 Å². The Bertz CT molecular complexity index is 334. The third-order valence-corrected chi connectivity index (χ3v) is 4.97. The summed E-state index contributed by atoms with van der Waals surface area (Å²) in [5.74, 6) is 1.79. The molecule has 2 fully saturated rings. The Hall–Kier alpha value is -0.790. The maximum atomic E-state index is 12.2. The summed E-state index contributed by atoms with van der Waals surface area (Å²) in [6, 6.07) is 0. The first-order chi connectivity index (χ1) is 8.59. The smallest absolute Gasteiger partial charge is 0.246 e. The van der Waals surface area contributed by atoms with Crippen LogP contribution < -0.4 is 0 Å². The monoisotopic (exact) mass is 249 g/mol. The van der Waals surface area contributed by atoms with Gasteiger partial charge in [0, 0.05) is 12.1 Å². The second-order valence-corrected chi connectivity index (χ2v) is 6.42. The average Bonchev–Trinajstić information content (AvgIpc) is 2.73. The first kappa shape index (κ1) is 13.6. The average molecular weight is 249 g/mol. The summed E-state index contributed by atoms with van der Waals surface area (Å²) < 4.78 is 0. The maximum Gasteiger partial charge on any atom is 0.246 e. The topological polar surface area (TPSA) is 20.3 Å². The number of rotatable bonds is 2. The van der Waals surface area contributed by atoms with Gasteiger partial charge in [-0.2, -0.15) is 0 Å². The predicted molar refractivity (Wildman–Crippen MR) is 75.3 cm³/mol. The third kappa shape index (κ3) is 2.48. The Kier molecular flexibility index (Phi) is 4.14. The van der Waals surface area contributed by atoms with E-state index in [0.29, 0.717) is 0 Å². The van der Waals surface area contributed by atoms with Gasteiger partial charge in [-0.25, -0.2) is 0 Å². The summed E-state index contributed by atoms with van der Waals surface area (Å²) in [5, 5.41) is 0. The molecule has 0 aromatic rings. The number of carbonyl (C=O) groups is 1. The molecule has 0 aromatic heterocycles. The zero-order valence-corrected chi connectivity index (χ0v) is 12.1. The number of likely N-dealkylation sites (tertiary alicyclic amines) is 1. The molecule has 2 heteroatoms. The van der Waals surface area contributed by atoms with Crippen molar-refractivity contribution in [2.75, 3.05) is 6.54 Å². The molecule has 1 aliphatic carbocycles. The van der Waals surface area contributed by atoms with Crippen LogP contribution in [0.4, 0.5) is 0 Å². The van der Waals surface area contributed by atoms with E-state index in [1.165, 1.54) is 38.5 Å². The number of hydrogen-bond acceptors (Lipinski definition) is 1. The summed E-state index contributed by atoms with van der Waals surface area (Å²) in [4.78, 5) is 14.4. The summed E-state index contributed by atoms with van der Waals surface area (Å²) in [6.07, 6.45) is 11.1. The molecular formula is C16H27NO. The Morgan fingerprint density at radius 2 is 2.06 bits per heavy atom. The van der Waals surface area contributed by atoms with Gasteiger partial charge >= 0.3 is 0 Å². The molecule has 1 saturated heterocycles. The second kappa shape index (κ2) is 5.46. The lowest BCUT2D eigenvalue weighted by molar-refractivity contribution is -0.132. The van der Waals surface area contributed by atoms with E-state index in [9.17, 15) is 4.79 Å². The molecule has 1 amide bonds. The molecule has 2 atom stereocenters. The first-order valence-electron chi connectivity index (χ1n) is 7.53. The normalized spacial score (nSPS) is 32.9. The van der Waals surface area contributed by atoms with Crippen LogP contribution in [0.5, 0.6) is 0 Å². The molecule has 18 heavy (non-hydrogen) atoms. The van der Waals surface area contributed by atoms with Crippen molar-refractivity contribution in [3.05, 3.63) is 12.2 Å². The number of amides is 1. The molecule has 2 unspecified atom stereocenters. The molecule has 2 rings (SSSR count). The SMILES string of the molecule is C/C=C/C(=O)N1CCCC12CCCC(C(C)C)C2. The highest BCUT2D eigenvalue weighted by atomic mass is 16.2. The zero-order valence-electron chi connectivity index (χ0n) is 12.1. The van der Waals surface area contributed by atoms with Crippen molar-refractivity contribution < 1.29 is 4.79 Å². The minimum Gasteiger partial charge on any atom is -0.333 e.